The molecule has 3 rings (SSSR count). The van der Waals surface area contributed by atoms with Crippen LogP contribution in [0.4, 0.5) is 0 Å². The number of fused-ring (bicyclic) bond motifs is 1. The average molecular weight is 306 g/mol. The molecule has 0 spiro atoms. The van der Waals surface area contributed by atoms with Gasteiger partial charge in [0, 0.05) is 11.7 Å². The zero-order valence-corrected chi connectivity index (χ0v) is 12.3. The van der Waals surface area contributed by atoms with E-state index in [9.17, 15) is 4.79 Å². The minimum atomic E-state index is -0.0414. The highest BCUT2D eigenvalue weighted by Gasteiger charge is 2.18. The van der Waals surface area contributed by atoms with E-state index in [1.165, 1.54) is 11.3 Å². The molecule has 0 aliphatic heterocycles. The molecule has 102 valence electrons. The van der Waals surface area contributed by atoms with Gasteiger partial charge in [0.1, 0.15) is 5.75 Å². The SMILES string of the molecule is CCOc1cccc2[nH]cc(C(=O)c3ccc(Cl)s3)c12. The van der Waals surface area contributed by atoms with E-state index < -0.39 is 0 Å². The number of H-pyrrole nitrogens is 1. The van der Waals surface area contributed by atoms with Crippen LogP contribution < -0.4 is 4.74 Å². The third-order valence-electron chi connectivity index (χ3n) is 3.01. The number of nitrogens with one attached hydrogen (secondary N) is 1. The van der Waals surface area contributed by atoms with Crippen LogP contribution in [0, 0.1) is 0 Å². The molecule has 5 heteroatoms. The van der Waals surface area contributed by atoms with Crippen LogP contribution in [-0.4, -0.2) is 17.4 Å². The van der Waals surface area contributed by atoms with Crippen LogP contribution in [-0.2, 0) is 0 Å². The Morgan fingerprint density at radius 3 is 2.90 bits per heavy atom. The molecule has 3 nitrogen and oxygen atoms in total. The quantitative estimate of drug-likeness (QED) is 0.720. The predicted molar refractivity (Wildman–Crippen MR) is 82.2 cm³/mol. The number of hydrogen-bond donors (Lipinski definition) is 1. The van der Waals surface area contributed by atoms with Gasteiger partial charge in [0.15, 0.2) is 0 Å². The molecule has 0 amide bonds. The molecule has 20 heavy (non-hydrogen) atoms. The van der Waals surface area contributed by atoms with Crippen molar-refractivity contribution < 1.29 is 9.53 Å². The molecule has 0 bridgehead atoms. The molecule has 0 saturated heterocycles. The number of carbonyl (C=O) groups excluding carboxylic acids is 1. The van der Waals surface area contributed by atoms with Gasteiger partial charge in [-0.1, -0.05) is 17.7 Å². The summed E-state index contributed by atoms with van der Waals surface area (Å²) in [6.07, 6.45) is 1.73. The molecular weight excluding hydrogens is 294 g/mol. The van der Waals surface area contributed by atoms with Gasteiger partial charge in [0.05, 0.1) is 26.8 Å². The van der Waals surface area contributed by atoms with Gasteiger partial charge < -0.3 is 9.72 Å². The number of rotatable bonds is 4. The Balaban J connectivity index is 2.14. The van der Waals surface area contributed by atoms with Crippen molar-refractivity contribution in [2.45, 2.75) is 6.92 Å². The molecule has 0 fully saturated rings. The Hall–Kier alpha value is -1.78. The van der Waals surface area contributed by atoms with E-state index in [0.29, 0.717) is 21.4 Å². The third-order valence-corrected chi connectivity index (χ3v) is 4.24. The van der Waals surface area contributed by atoms with Crippen LogP contribution in [0.2, 0.25) is 4.34 Å². The fraction of sp³-hybridized carbons (Fsp3) is 0.133. The molecule has 0 atom stereocenters. The summed E-state index contributed by atoms with van der Waals surface area (Å²) in [5.74, 6) is 0.678. The lowest BCUT2D eigenvalue weighted by molar-refractivity contribution is 0.104. The van der Waals surface area contributed by atoms with Crippen molar-refractivity contribution in [1.29, 1.82) is 0 Å². The van der Waals surface area contributed by atoms with Crippen LogP contribution in [0.3, 0.4) is 0 Å². The van der Waals surface area contributed by atoms with E-state index in [1.807, 2.05) is 25.1 Å². The van der Waals surface area contributed by atoms with E-state index in [1.54, 1.807) is 18.3 Å². The van der Waals surface area contributed by atoms with Crippen molar-refractivity contribution in [2.24, 2.45) is 0 Å². The van der Waals surface area contributed by atoms with E-state index >= 15 is 0 Å². The Kier molecular flexibility index (Phi) is 3.51. The first-order valence-corrected chi connectivity index (χ1v) is 7.43. The highest BCUT2D eigenvalue weighted by molar-refractivity contribution is 7.18. The highest BCUT2D eigenvalue weighted by atomic mass is 35.5. The Morgan fingerprint density at radius 1 is 1.35 bits per heavy atom. The van der Waals surface area contributed by atoms with Crippen LogP contribution in [0.5, 0.6) is 5.75 Å². The van der Waals surface area contributed by atoms with Crippen molar-refractivity contribution in [1.82, 2.24) is 4.98 Å². The van der Waals surface area contributed by atoms with Crippen LogP contribution in [0.1, 0.15) is 22.2 Å². The number of carbonyl (C=O) groups is 1. The second-order valence-electron chi connectivity index (χ2n) is 4.25. The van der Waals surface area contributed by atoms with Crippen LogP contribution in [0.25, 0.3) is 10.9 Å². The summed E-state index contributed by atoms with van der Waals surface area (Å²) in [6.45, 7) is 2.48. The van der Waals surface area contributed by atoms with Crippen molar-refractivity contribution >= 4 is 39.6 Å². The van der Waals surface area contributed by atoms with Gasteiger partial charge >= 0.3 is 0 Å². The molecule has 0 aliphatic rings. The van der Waals surface area contributed by atoms with Gasteiger partial charge in [-0.15, -0.1) is 11.3 Å². The fourth-order valence-corrected chi connectivity index (χ4v) is 3.17. The highest BCUT2D eigenvalue weighted by Crippen LogP contribution is 2.32. The van der Waals surface area contributed by atoms with Gasteiger partial charge in [0.25, 0.3) is 0 Å². The molecule has 0 saturated carbocycles. The first-order valence-electron chi connectivity index (χ1n) is 6.23. The van der Waals surface area contributed by atoms with Gasteiger partial charge in [-0.25, -0.2) is 0 Å². The predicted octanol–water partition coefficient (Wildman–Crippen LogP) is 4.51. The average Bonchev–Trinajstić information content (AvgIpc) is 3.05. The normalized spacial score (nSPS) is 10.9. The summed E-state index contributed by atoms with van der Waals surface area (Å²) < 4.78 is 6.22. The lowest BCUT2D eigenvalue weighted by atomic mass is 10.1. The van der Waals surface area contributed by atoms with Crippen molar-refractivity contribution in [2.75, 3.05) is 6.61 Å². The van der Waals surface area contributed by atoms with Crippen molar-refractivity contribution in [3.63, 3.8) is 0 Å². The topological polar surface area (TPSA) is 42.1 Å². The van der Waals surface area contributed by atoms with Gasteiger partial charge in [-0.2, -0.15) is 0 Å². The number of aromatic amines is 1. The van der Waals surface area contributed by atoms with Crippen molar-refractivity contribution in [3.05, 3.63) is 51.3 Å². The van der Waals surface area contributed by atoms with Crippen LogP contribution in [0.15, 0.2) is 36.5 Å². The Bertz CT molecular complexity index is 775. The summed E-state index contributed by atoms with van der Waals surface area (Å²) in [5.41, 5.74) is 1.50. The summed E-state index contributed by atoms with van der Waals surface area (Å²) >= 11 is 7.18. The summed E-state index contributed by atoms with van der Waals surface area (Å²) in [7, 11) is 0. The number of ether oxygens (including phenoxy) is 1. The largest absolute Gasteiger partial charge is 0.493 e. The first kappa shape index (κ1) is 13.2. The minimum absolute atomic E-state index is 0.0414. The maximum absolute atomic E-state index is 12.6. The lowest BCUT2D eigenvalue weighted by Gasteiger charge is -2.06. The lowest BCUT2D eigenvalue weighted by Crippen LogP contribution is -1.99. The summed E-state index contributed by atoms with van der Waals surface area (Å²) in [5, 5.41) is 0.823. The standard InChI is InChI=1S/C15H12ClNO2S/c1-2-19-11-5-3-4-10-14(11)9(8-17-10)15(18)12-6-7-13(16)20-12/h3-8,17H,2H2,1H3. The van der Waals surface area contributed by atoms with E-state index in [-0.39, 0.29) is 5.78 Å². The van der Waals surface area contributed by atoms with Gasteiger partial charge in [0.2, 0.25) is 5.78 Å². The molecule has 3 aromatic rings. The smallest absolute Gasteiger partial charge is 0.205 e. The Morgan fingerprint density at radius 2 is 2.20 bits per heavy atom. The van der Waals surface area contributed by atoms with Gasteiger partial charge in [-0.3, -0.25) is 4.79 Å². The van der Waals surface area contributed by atoms with Crippen LogP contribution >= 0.6 is 22.9 Å². The monoisotopic (exact) mass is 305 g/mol. The second-order valence-corrected chi connectivity index (χ2v) is 5.96. The zero-order chi connectivity index (χ0) is 14.1. The van der Waals surface area contributed by atoms with Crippen molar-refractivity contribution in [3.8, 4) is 5.75 Å². The molecule has 0 unspecified atom stereocenters. The summed E-state index contributed by atoms with van der Waals surface area (Å²) in [4.78, 5) is 16.3. The number of thiophene rings is 1. The van der Waals surface area contributed by atoms with E-state index in [0.717, 1.165) is 16.7 Å². The summed E-state index contributed by atoms with van der Waals surface area (Å²) in [6, 6.07) is 9.18. The molecule has 2 aromatic heterocycles. The number of benzene rings is 1. The fourth-order valence-electron chi connectivity index (χ4n) is 2.18. The van der Waals surface area contributed by atoms with Gasteiger partial charge in [-0.05, 0) is 31.2 Å². The number of aromatic nitrogens is 1. The molecule has 0 radical (unpaired) electrons. The van der Waals surface area contributed by atoms with E-state index in [2.05, 4.69) is 4.98 Å². The zero-order valence-electron chi connectivity index (χ0n) is 10.8. The number of halogens is 1. The molecular formula is C15H12ClNO2S. The number of ketones is 1. The first-order chi connectivity index (χ1) is 9.70. The molecule has 1 N–H and O–H groups in total. The second kappa shape index (κ2) is 5.31. The molecule has 1 aromatic carbocycles. The maximum Gasteiger partial charge on any atom is 0.205 e. The third kappa shape index (κ3) is 2.21. The maximum atomic E-state index is 12.6. The molecule has 0 aliphatic carbocycles. The Labute approximate surface area is 125 Å². The minimum Gasteiger partial charge on any atom is -0.493 e. The molecule has 2 heterocycles. The van der Waals surface area contributed by atoms with E-state index in [4.69, 9.17) is 16.3 Å². The number of hydrogen-bond acceptors (Lipinski definition) is 3.